The lowest BCUT2D eigenvalue weighted by atomic mass is 10.0. The summed E-state index contributed by atoms with van der Waals surface area (Å²) in [5.41, 5.74) is -0.276. The maximum Gasteiger partial charge on any atom is 0.338 e. The number of benzene rings is 1. The Kier molecular flexibility index (Phi) is 7.00. The third-order valence-electron chi connectivity index (χ3n) is 4.72. The van der Waals surface area contributed by atoms with E-state index < -0.39 is 28.5 Å². The second-order valence-electron chi connectivity index (χ2n) is 7.35. The quantitative estimate of drug-likeness (QED) is 0.714. The second-order valence-corrected chi connectivity index (χ2v) is 9.29. The molecule has 0 saturated carbocycles. The predicted octanol–water partition coefficient (Wildman–Crippen LogP) is 2.32. The van der Waals surface area contributed by atoms with Crippen molar-refractivity contribution in [2.45, 2.75) is 56.9 Å². The van der Waals surface area contributed by atoms with Crippen LogP contribution in [0.5, 0.6) is 0 Å². The van der Waals surface area contributed by atoms with Crippen molar-refractivity contribution in [1.29, 1.82) is 0 Å². The van der Waals surface area contributed by atoms with Gasteiger partial charge in [-0.1, -0.05) is 19.4 Å². The largest absolute Gasteiger partial charge is 0.452 e. The number of amides is 1. The van der Waals surface area contributed by atoms with Gasteiger partial charge in [-0.05, 0) is 51.3 Å². The smallest absolute Gasteiger partial charge is 0.338 e. The molecule has 8 heteroatoms. The van der Waals surface area contributed by atoms with Gasteiger partial charge in [-0.2, -0.15) is 4.31 Å². The lowest BCUT2D eigenvalue weighted by molar-refractivity contribution is -0.125. The minimum atomic E-state index is -3.63. The molecule has 0 unspecified atom stereocenters. The molecule has 0 spiro atoms. The number of sulfonamides is 1. The van der Waals surface area contributed by atoms with Crippen molar-refractivity contribution in [3.63, 3.8) is 0 Å². The number of carbonyl (C=O) groups excluding carboxylic acids is 2. The lowest BCUT2D eigenvalue weighted by Gasteiger charge is -2.26. The van der Waals surface area contributed by atoms with Gasteiger partial charge < -0.3 is 10.1 Å². The van der Waals surface area contributed by atoms with Gasteiger partial charge in [-0.25, -0.2) is 13.2 Å². The molecule has 1 aliphatic rings. The highest BCUT2D eigenvalue weighted by Gasteiger charge is 2.27. The van der Waals surface area contributed by atoms with Crippen LogP contribution in [0.3, 0.4) is 0 Å². The summed E-state index contributed by atoms with van der Waals surface area (Å²) in [7, 11) is -3.63. The number of hydrogen-bond donors (Lipinski definition) is 1. The molecule has 0 bridgehead atoms. The monoisotopic (exact) mass is 396 g/mol. The van der Waals surface area contributed by atoms with Gasteiger partial charge in [0.1, 0.15) is 0 Å². The highest BCUT2D eigenvalue weighted by molar-refractivity contribution is 7.89. The SMILES string of the molecule is CCC(C)(C)NC(=O)COC(=O)c1cccc(S(=O)(=O)N2CCCCC2)c1. The van der Waals surface area contributed by atoms with Crippen molar-refractivity contribution in [2.75, 3.05) is 19.7 Å². The van der Waals surface area contributed by atoms with E-state index in [1.54, 1.807) is 0 Å². The predicted molar refractivity (Wildman–Crippen MR) is 102 cm³/mol. The first kappa shape index (κ1) is 21.4. The van der Waals surface area contributed by atoms with Crippen LogP contribution in [0, 0.1) is 0 Å². The van der Waals surface area contributed by atoms with E-state index in [-0.39, 0.29) is 16.0 Å². The number of rotatable bonds is 7. The molecule has 1 N–H and O–H groups in total. The Hall–Kier alpha value is -1.93. The van der Waals surface area contributed by atoms with Crippen LogP contribution in [0.25, 0.3) is 0 Å². The second kappa shape index (κ2) is 8.84. The molecule has 7 nitrogen and oxygen atoms in total. The molecule has 1 aromatic rings. The van der Waals surface area contributed by atoms with Crippen LogP contribution in [0.4, 0.5) is 0 Å². The summed E-state index contributed by atoms with van der Waals surface area (Å²) in [4.78, 5) is 24.2. The maximum absolute atomic E-state index is 12.7. The number of hydrogen-bond acceptors (Lipinski definition) is 5. The number of nitrogens with one attached hydrogen (secondary N) is 1. The number of piperidine rings is 1. The molecule has 0 radical (unpaired) electrons. The molecule has 1 fully saturated rings. The zero-order valence-corrected chi connectivity index (χ0v) is 17.0. The van der Waals surface area contributed by atoms with Crippen molar-refractivity contribution < 1.29 is 22.7 Å². The van der Waals surface area contributed by atoms with Gasteiger partial charge in [0.25, 0.3) is 5.91 Å². The van der Waals surface area contributed by atoms with Crippen LogP contribution in [0.15, 0.2) is 29.2 Å². The zero-order chi connectivity index (χ0) is 20.1. The highest BCUT2D eigenvalue weighted by Crippen LogP contribution is 2.21. The van der Waals surface area contributed by atoms with Crippen molar-refractivity contribution in [3.8, 4) is 0 Å². The summed E-state index contributed by atoms with van der Waals surface area (Å²) in [5, 5.41) is 2.77. The van der Waals surface area contributed by atoms with Crippen molar-refractivity contribution in [2.24, 2.45) is 0 Å². The lowest BCUT2D eigenvalue weighted by Crippen LogP contribution is -2.44. The molecule has 1 saturated heterocycles. The highest BCUT2D eigenvalue weighted by atomic mass is 32.2. The Morgan fingerprint density at radius 3 is 2.48 bits per heavy atom. The molecular formula is C19H28N2O5S. The number of nitrogens with zero attached hydrogens (tertiary/aromatic N) is 1. The average Bonchev–Trinajstić information content (AvgIpc) is 2.66. The van der Waals surface area contributed by atoms with Crippen LogP contribution in [0.2, 0.25) is 0 Å². The molecule has 0 atom stereocenters. The topological polar surface area (TPSA) is 92.8 Å². The van der Waals surface area contributed by atoms with E-state index in [4.69, 9.17) is 4.74 Å². The molecule has 1 amide bonds. The minimum Gasteiger partial charge on any atom is -0.452 e. The van der Waals surface area contributed by atoms with Crippen molar-refractivity contribution in [3.05, 3.63) is 29.8 Å². The third-order valence-corrected chi connectivity index (χ3v) is 6.61. The van der Waals surface area contributed by atoms with E-state index in [1.807, 2.05) is 20.8 Å². The Bertz CT molecular complexity index is 783. The van der Waals surface area contributed by atoms with E-state index in [0.29, 0.717) is 13.1 Å². The third kappa shape index (κ3) is 5.77. The summed E-state index contributed by atoms with van der Waals surface area (Å²) >= 11 is 0. The average molecular weight is 397 g/mol. The number of carbonyl (C=O) groups is 2. The van der Waals surface area contributed by atoms with E-state index in [9.17, 15) is 18.0 Å². The summed E-state index contributed by atoms with van der Waals surface area (Å²) < 4.78 is 31.9. The zero-order valence-electron chi connectivity index (χ0n) is 16.2. The van der Waals surface area contributed by atoms with Crippen LogP contribution in [-0.4, -0.2) is 49.8 Å². The standard InChI is InChI=1S/C19H28N2O5S/c1-4-19(2,3)20-17(22)14-26-18(23)15-9-8-10-16(13-15)27(24,25)21-11-6-5-7-12-21/h8-10,13H,4-7,11-12,14H2,1-3H3,(H,20,22). The van der Waals surface area contributed by atoms with Gasteiger partial charge in [0.05, 0.1) is 10.5 Å². The van der Waals surface area contributed by atoms with E-state index >= 15 is 0 Å². The summed E-state index contributed by atoms with van der Waals surface area (Å²) in [6, 6.07) is 5.76. The Morgan fingerprint density at radius 1 is 1.19 bits per heavy atom. The normalized spacial score (nSPS) is 16.0. The first-order chi connectivity index (χ1) is 12.7. The summed E-state index contributed by atoms with van der Waals surface area (Å²) in [6.07, 6.45) is 3.44. The molecule has 150 valence electrons. The fourth-order valence-electron chi connectivity index (χ4n) is 2.75. The Morgan fingerprint density at radius 2 is 1.85 bits per heavy atom. The van der Waals surface area contributed by atoms with E-state index in [1.165, 1.54) is 28.6 Å². The Labute approximate surface area is 161 Å². The molecule has 2 rings (SSSR count). The molecule has 1 aromatic carbocycles. The van der Waals surface area contributed by atoms with Gasteiger partial charge in [-0.3, -0.25) is 4.79 Å². The van der Waals surface area contributed by atoms with Crippen LogP contribution in [-0.2, 0) is 19.6 Å². The van der Waals surface area contributed by atoms with E-state index in [0.717, 1.165) is 25.7 Å². The number of ether oxygens (including phenoxy) is 1. The van der Waals surface area contributed by atoms with Crippen molar-refractivity contribution in [1.82, 2.24) is 9.62 Å². The van der Waals surface area contributed by atoms with Crippen LogP contribution >= 0.6 is 0 Å². The van der Waals surface area contributed by atoms with E-state index in [2.05, 4.69) is 5.32 Å². The molecule has 27 heavy (non-hydrogen) atoms. The fourth-order valence-corrected chi connectivity index (χ4v) is 4.32. The van der Waals surface area contributed by atoms with Crippen molar-refractivity contribution >= 4 is 21.9 Å². The first-order valence-electron chi connectivity index (χ1n) is 9.24. The van der Waals surface area contributed by atoms with Gasteiger partial charge in [0.2, 0.25) is 10.0 Å². The summed E-state index contributed by atoms with van der Waals surface area (Å²) in [5.74, 6) is -1.12. The fraction of sp³-hybridized carbons (Fsp3) is 0.579. The first-order valence-corrected chi connectivity index (χ1v) is 10.7. The Balaban J connectivity index is 2.04. The van der Waals surface area contributed by atoms with Gasteiger partial charge >= 0.3 is 5.97 Å². The van der Waals surface area contributed by atoms with Gasteiger partial charge in [0.15, 0.2) is 6.61 Å². The van der Waals surface area contributed by atoms with Crippen LogP contribution < -0.4 is 5.32 Å². The van der Waals surface area contributed by atoms with Gasteiger partial charge in [-0.15, -0.1) is 0 Å². The van der Waals surface area contributed by atoms with Gasteiger partial charge in [0, 0.05) is 18.6 Å². The molecule has 0 aromatic heterocycles. The molecular weight excluding hydrogens is 368 g/mol. The molecule has 1 aliphatic heterocycles. The number of esters is 1. The molecule has 1 heterocycles. The van der Waals surface area contributed by atoms with Crippen LogP contribution in [0.1, 0.15) is 56.8 Å². The maximum atomic E-state index is 12.7. The molecule has 0 aliphatic carbocycles. The minimum absolute atomic E-state index is 0.0652. The summed E-state index contributed by atoms with van der Waals surface area (Å²) in [6.45, 7) is 6.27.